The average molecular weight is 300 g/mol. The van der Waals surface area contributed by atoms with Gasteiger partial charge in [0.05, 0.1) is 5.52 Å². The van der Waals surface area contributed by atoms with Crippen molar-refractivity contribution in [1.29, 1.82) is 0 Å². The SMILES string of the molecule is C1CCC(NC2CCCCC2)CC1.c1ccc2[nH]nnc2c1. The van der Waals surface area contributed by atoms with Crippen molar-refractivity contribution in [3.05, 3.63) is 24.3 Å². The minimum absolute atomic E-state index is 0.872. The molecule has 4 heteroatoms. The van der Waals surface area contributed by atoms with Crippen LogP contribution < -0.4 is 5.32 Å². The summed E-state index contributed by atoms with van der Waals surface area (Å²) in [5.41, 5.74) is 1.90. The van der Waals surface area contributed by atoms with Crippen LogP contribution in [0, 0.1) is 0 Å². The molecule has 0 aliphatic heterocycles. The molecule has 1 heterocycles. The quantitative estimate of drug-likeness (QED) is 0.874. The van der Waals surface area contributed by atoms with E-state index in [1.807, 2.05) is 24.3 Å². The standard InChI is InChI=1S/C12H23N.C6H5N3/c1-3-7-11(8-4-1)13-12-9-5-2-6-10-12;1-2-4-6-5(3-1)7-9-8-6/h11-13H,1-10H2;1-4H,(H,7,8,9). The summed E-state index contributed by atoms with van der Waals surface area (Å²) < 4.78 is 0. The fourth-order valence-corrected chi connectivity index (χ4v) is 3.66. The van der Waals surface area contributed by atoms with Gasteiger partial charge in [0.2, 0.25) is 0 Å². The summed E-state index contributed by atoms with van der Waals surface area (Å²) in [5.74, 6) is 0. The summed E-state index contributed by atoms with van der Waals surface area (Å²) >= 11 is 0. The fraction of sp³-hybridized carbons (Fsp3) is 0.667. The Balaban J connectivity index is 0.000000139. The Bertz CT molecular complexity index is 493. The smallest absolute Gasteiger partial charge is 0.112 e. The Labute approximate surface area is 133 Å². The highest BCUT2D eigenvalue weighted by atomic mass is 15.3. The molecule has 2 saturated carbocycles. The number of H-pyrrole nitrogens is 1. The van der Waals surface area contributed by atoms with Crippen molar-refractivity contribution in [3.8, 4) is 0 Å². The number of nitrogens with zero attached hydrogens (tertiary/aromatic N) is 2. The molecule has 0 spiro atoms. The van der Waals surface area contributed by atoms with Gasteiger partial charge in [-0.15, -0.1) is 5.10 Å². The molecule has 4 rings (SSSR count). The molecule has 22 heavy (non-hydrogen) atoms. The van der Waals surface area contributed by atoms with Crippen LogP contribution in [0.2, 0.25) is 0 Å². The van der Waals surface area contributed by atoms with Gasteiger partial charge in [0, 0.05) is 12.1 Å². The lowest BCUT2D eigenvalue weighted by molar-refractivity contribution is 0.291. The molecule has 2 aliphatic carbocycles. The number of para-hydroxylation sites is 1. The largest absolute Gasteiger partial charge is 0.311 e. The summed E-state index contributed by atoms with van der Waals surface area (Å²) in [6.45, 7) is 0. The molecule has 0 amide bonds. The molecule has 0 unspecified atom stereocenters. The van der Waals surface area contributed by atoms with E-state index in [9.17, 15) is 0 Å². The summed E-state index contributed by atoms with van der Waals surface area (Å²) in [5, 5.41) is 14.1. The highest BCUT2D eigenvalue weighted by Gasteiger charge is 2.19. The molecule has 2 aromatic rings. The third kappa shape index (κ3) is 4.54. The van der Waals surface area contributed by atoms with Crippen molar-refractivity contribution in [2.24, 2.45) is 0 Å². The lowest BCUT2D eigenvalue weighted by atomic mass is 9.91. The maximum atomic E-state index is 3.86. The van der Waals surface area contributed by atoms with E-state index in [0.29, 0.717) is 0 Å². The van der Waals surface area contributed by atoms with Gasteiger partial charge in [0.15, 0.2) is 0 Å². The molecule has 0 saturated heterocycles. The van der Waals surface area contributed by atoms with Crippen molar-refractivity contribution in [2.45, 2.75) is 76.3 Å². The van der Waals surface area contributed by atoms with Crippen LogP contribution in [0.1, 0.15) is 64.2 Å². The van der Waals surface area contributed by atoms with E-state index >= 15 is 0 Å². The Hall–Kier alpha value is -1.42. The number of benzene rings is 1. The first-order chi connectivity index (χ1) is 10.9. The zero-order valence-electron chi connectivity index (χ0n) is 13.4. The van der Waals surface area contributed by atoms with Crippen molar-refractivity contribution in [3.63, 3.8) is 0 Å². The second-order valence-corrected chi connectivity index (χ2v) is 6.67. The van der Waals surface area contributed by atoms with Crippen LogP contribution in [-0.2, 0) is 0 Å². The Morgan fingerprint density at radius 3 is 2.00 bits per heavy atom. The third-order valence-electron chi connectivity index (χ3n) is 4.91. The highest BCUT2D eigenvalue weighted by Crippen LogP contribution is 2.22. The number of hydrogen-bond donors (Lipinski definition) is 2. The number of rotatable bonds is 2. The molecule has 120 valence electrons. The topological polar surface area (TPSA) is 53.6 Å². The molecule has 0 bridgehead atoms. The molecule has 2 N–H and O–H groups in total. The van der Waals surface area contributed by atoms with Crippen LogP contribution in [0.4, 0.5) is 0 Å². The monoisotopic (exact) mass is 300 g/mol. The van der Waals surface area contributed by atoms with E-state index in [1.165, 1.54) is 64.2 Å². The van der Waals surface area contributed by atoms with Gasteiger partial charge in [-0.1, -0.05) is 55.9 Å². The first kappa shape index (κ1) is 15.5. The first-order valence-electron chi connectivity index (χ1n) is 8.93. The average Bonchev–Trinajstić information content (AvgIpc) is 3.06. The predicted octanol–water partition coefficient (Wildman–Crippen LogP) is 4.20. The summed E-state index contributed by atoms with van der Waals surface area (Å²) in [4.78, 5) is 0. The van der Waals surface area contributed by atoms with E-state index in [0.717, 1.165) is 23.1 Å². The Morgan fingerprint density at radius 2 is 1.41 bits per heavy atom. The second-order valence-electron chi connectivity index (χ2n) is 6.67. The van der Waals surface area contributed by atoms with Crippen molar-refractivity contribution in [1.82, 2.24) is 20.7 Å². The normalized spacial score (nSPS) is 20.5. The van der Waals surface area contributed by atoms with Crippen molar-refractivity contribution < 1.29 is 0 Å². The molecular weight excluding hydrogens is 272 g/mol. The van der Waals surface area contributed by atoms with Crippen LogP contribution >= 0.6 is 0 Å². The zero-order chi connectivity index (χ0) is 15.0. The number of aromatic nitrogens is 3. The van der Waals surface area contributed by atoms with Gasteiger partial charge in [-0.3, -0.25) is 5.10 Å². The number of aromatic amines is 1. The second kappa shape index (κ2) is 8.28. The van der Waals surface area contributed by atoms with Gasteiger partial charge >= 0.3 is 0 Å². The number of hydrogen-bond acceptors (Lipinski definition) is 3. The summed E-state index contributed by atoms with van der Waals surface area (Å²) in [6, 6.07) is 9.48. The van der Waals surface area contributed by atoms with Crippen LogP contribution in [0.25, 0.3) is 11.0 Å². The van der Waals surface area contributed by atoms with E-state index < -0.39 is 0 Å². The maximum absolute atomic E-state index is 3.86. The van der Waals surface area contributed by atoms with Gasteiger partial charge in [-0.25, -0.2) is 0 Å². The van der Waals surface area contributed by atoms with E-state index in [4.69, 9.17) is 0 Å². The molecule has 4 nitrogen and oxygen atoms in total. The van der Waals surface area contributed by atoms with E-state index in [1.54, 1.807) is 0 Å². The maximum Gasteiger partial charge on any atom is 0.112 e. The minimum atomic E-state index is 0.872. The first-order valence-corrected chi connectivity index (χ1v) is 8.93. The van der Waals surface area contributed by atoms with Gasteiger partial charge in [0.1, 0.15) is 5.52 Å². The van der Waals surface area contributed by atoms with Gasteiger partial charge in [-0.05, 0) is 37.8 Å². The van der Waals surface area contributed by atoms with Gasteiger partial charge < -0.3 is 5.32 Å². The highest BCUT2D eigenvalue weighted by molar-refractivity contribution is 5.72. The molecule has 2 fully saturated rings. The molecular formula is C18H28N4. The predicted molar refractivity (Wildman–Crippen MR) is 90.8 cm³/mol. The molecule has 0 atom stereocenters. The summed E-state index contributed by atoms with van der Waals surface area (Å²) in [7, 11) is 0. The molecule has 2 aliphatic rings. The lowest BCUT2D eigenvalue weighted by Gasteiger charge is -2.30. The third-order valence-corrected chi connectivity index (χ3v) is 4.91. The fourth-order valence-electron chi connectivity index (χ4n) is 3.66. The van der Waals surface area contributed by atoms with Crippen molar-refractivity contribution >= 4 is 11.0 Å². The summed E-state index contributed by atoms with van der Waals surface area (Å²) in [6.07, 6.45) is 14.6. The van der Waals surface area contributed by atoms with Gasteiger partial charge in [0.25, 0.3) is 0 Å². The Morgan fingerprint density at radius 1 is 0.818 bits per heavy atom. The molecule has 1 aromatic heterocycles. The van der Waals surface area contributed by atoms with E-state index in [-0.39, 0.29) is 0 Å². The molecule has 0 radical (unpaired) electrons. The van der Waals surface area contributed by atoms with Crippen molar-refractivity contribution in [2.75, 3.05) is 0 Å². The van der Waals surface area contributed by atoms with Crippen LogP contribution in [0.5, 0.6) is 0 Å². The Kier molecular flexibility index (Phi) is 5.82. The number of nitrogens with one attached hydrogen (secondary N) is 2. The van der Waals surface area contributed by atoms with Crippen LogP contribution in [0.3, 0.4) is 0 Å². The zero-order valence-corrected chi connectivity index (χ0v) is 13.4. The minimum Gasteiger partial charge on any atom is -0.311 e. The van der Waals surface area contributed by atoms with Gasteiger partial charge in [-0.2, -0.15) is 0 Å². The molecule has 1 aromatic carbocycles. The van der Waals surface area contributed by atoms with E-state index in [2.05, 4.69) is 20.7 Å². The lowest BCUT2D eigenvalue weighted by Crippen LogP contribution is -2.40. The van der Waals surface area contributed by atoms with Crippen LogP contribution in [0.15, 0.2) is 24.3 Å². The number of fused-ring (bicyclic) bond motifs is 1. The van der Waals surface area contributed by atoms with Crippen LogP contribution in [-0.4, -0.2) is 27.5 Å².